The first-order valence-corrected chi connectivity index (χ1v) is 14.0. The topological polar surface area (TPSA) is 117 Å². The lowest BCUT2D eigenvalue weighted by Gasteiger charge is -2.34. The van der Waals surface area contributed by atoms with E-state index in [4.69, 9.17) is 9.47 Å². The number of alkyl carbamates (subject to hydrolysis) is 1. The summed E-state index contributed by atoms with van der Waals surface area (Å²) in [5.74, 6) is 0.456. The van der Waals surface area contributed by atoms with E-state index in [1.54, 1.807) is 80.9 Å². The standard InChI is InChI=1S/C28H37N3O6S/c1-28(2,3)37-27(35)30-23(15-16-38-5)26(34)31(20-11-12-20)24(18-7-6-8-21(32)17-18)25(33)29-19-9-13-22(36-4)14-10-19/h6-10,13-14,17,20,23-24,32H,11-12,15-16H2,1-5H3,(H,29,33)(H,30,35). The van der Waals surface area contributed by atoms with E-state index < -0.39 is 29.7 Å². The molecule has 2 aromatic carbocycles. The molecule has 0 aliphatic heterocycles. The highest BCUT2D eigenvalue weighted by Crippen LogP contribution is 2.37. The number of nitrogens with one attached hydrogen (secondary N) is 2. The maximum Gasteiger partial charge on any atom is 0.408 e. The molecule has 1 fully saturated rings. The molecular formula is C28H37N3O6S. The van der Waals surface area contributed by atoms with Gasteiger partial charge in [-0.1, -0.05) is 12.1 Å². The number of phenolic OH excluding ortho intramolecular Hbond substituents is 1. The Labute approximate surface area is 228 Å². The quantitative estimate of drug-likeness (QED) is 0.375. The molecule has 3 amide bonds. The van der Waals surface area contributed by atoms with Gasteiger partial charge in [0.1, 0.15) is 29.2 Å². The smallest absolute Gasteiger partial charge is 0.408 e. The van der Waals surface area contributed by atoms with E-state index in [2.05, 4.69) is 10.6 Å². The first kappa shape index (κ1) is 29.2. The Bertz CT molecular complexity index is 1110. The average Bonchev–Trinajstić information content (AvgIpc) is 3.69. The van der Waals surface area contributed by atoms with Gasteiger partial charge in [0, 0.05) is 11.7 Å². The van der Waals surface area contributed by atoms with Crippen LogP contribution in [0.4, 0.5) is 10.5 Å². The molecule has 9 nitrogen and oxygen atoms in total. The van der Waals surface area contributed by atoms with Crippen LogP contribution in [0.15, 0.2) is 48.5 Å². The van der Waals surface area contributed by atoms with Gasteiger partial charge >= 0.3 is 6.09 Å². The molecule has 3 rings (SSSR count). The number of anilines is 1. The Morgan fingerprint density at radius 1 is 1.13 bits per heavy atom. The van der Waals surface area contributed by atoms with Crippen molar-refractivity contribution in [3.8, 4) is 11.5 Å². The number of carbonyl (C=O) groups excluding carboxylic acids is 3. The first-order chi connectivity index (χ1) is 18.0. The summed E-state index contributed by atoms with van der Waals surface area (Å²) >= 11 is 1.56. The van der Waals surface area contributed by atoms with Crippen LogP contribution in [0, 0.1) is 0 Å². The first-order valence-electron chi connectivity index (χ1n) is 12.6. The zero-order valence-electron chi connectivity index (χ0n) is 22.5. The van der Waals surface area contributed by atoms with Crippen molar-refractivity contribution >= 4 is 35.4 Å². The van der Waals surface area contributed by atoms with Crippen molar-refractivity contribution in [2.75, 3.05) is 24.4 Å². The number of thioether (sulfide) groups is 1. The summed E-state index contributed by atoms with van der Waals surface area (Å²) in [6.07, 6.45) is 3.07. The summed E-state index contributed by atoms with van der Waals surface area (Å²) in [4.78, 5) is 42.0. The minimum Gasteiger partial charge on any atom is -0.508 e. The number of carbonyl (C=O) groups is 3. The van der Waals surface area contributed by atoms with E-state index in [0.717, 1.165) is 12.8 Å². The highest BCUT2D eigenvalue weighted by molar-refractivity contribution is 7.98. The molecule has 38 heavy (non-hydrogen) atoms. The minimum atomic E-state index is -1.03. The summed E-state index contributed by atoms with van der Waals surface area (Å²) in [5.41, 5.74) is 0.280. The summed E-state index contributed by atoms with van der Waals surface area (Å²) < 4.78 is 10.6. The maximum absolute atomic E-state index is 14.1. The molecule has 0 bridgehead atoms. The van der Waals surface area contributed by atoms with E-state index >= 15 is 0 Å². The van der Waals surface area contributed by atoms with Crippen molar-refractivity contribution in [2.45, 2.75) is 63.8 Å². The van der Waals surface area contributed by atoms with Crippen molar-refractivity contribution in [3.05, 3.63) is 54.1 Å². The third-order valence-corrected chi connectivity index (χ3v) is 6.51. The molecule has 2 atom stereocenters. The SMILES string of the molecule is COc1ccc(NC(=O)C(c2cccc(O)c2)N(C(=O)C(CCSC)NC(=O)OC(C)(C)C)C2CC2)cc1. The van der Waals surface area contributed by atoms with Crippen LogP contribution in [-0.4, -0.2) is 64.7 Å². The molecule has 3 N–H and O–H groups in total. The van der Waals surface area contributed by atoms with Gasteiger partial charge in [-0.15, -0.1) is 0 Å². The Hall–Kier alpha value is -3.40. The molecule has 0 saturated heterocycles. The van der Waals surface area contributed by atoms with Gasteiger partial charge in [-0.25, -0.2) is 4.79 Å². The van der Waals surface area contributed by atoms with Crippen molar-refractivity contribution in [3.63, 3.8) is 0 Å². The van der Waals surface area contributed by atoms with Gasteiger partial charge in [0.25, 0.3) is 5.91 Å². The monoisotopic (exact) mass is 543 g/mol. The number of rotatable bonds is 11. The molecule has 0 aromatic heterocycles. The van der Waals surface area contributed by atoms with Gasteiger partial charge in [-0.05, 0) is 94.0 Å². The van der Waals surface area contributed by atoms with Crippen LogP contribution >= 0.6 is 11.8 Å². The third kappa shape index (κ3) is 8.31. The van der Waals surface area contributed by atoms with Crippen molar-refractivity contribution in [2.24, 2.45) is 0 Å². The molecule has 0 spiro atoms. The molecule has 1 aliphatic rings. The molecule has 0 radical (unpaired) electrons. The number of ether oxygens (including phenoxy) is 2. The lowest BCUT2D eigenvalue weighted by Crippen LogP contribution is -2.53. The Morgan fingerprint density at radius 3 is 2.37 bits per heavy atom. The number of phenols is 1. The van der Waals surface area contributed by atoms with Gasteiger partial charge in [-0.3, -0.25) is 9.59 Å². The van der Waals surface area contributed by atoms with E-state index in [1.165, 1.54) is 12.1 Å². The van der Waals surface area contributed by atoms with Gasteiger partial charge in [0.15, 0.2) is 0 Å². The normalized spacial score (nSPS) is 14.7. The van der Waals surface area contributed by atoms with E-state index in [0.29, 0.717) is 29.2 Å². The second-order valence-electron chi connectivity index (χ2n) is 10.2. The molecule has 1 aliphatic carbocycles. The van der Waals surface area contributed by atoms with E-state index in [-0.39, 0.29) is 17.7 Å². The van der Waals surface area contributed by atoms with Crippen molar-refractivity contribution < 1.29 is 29.0 Å². The predicted octanol–water partition coefficient (Wildman–Crippen LogP) is 4.72. The Morgan fingerprint density at radius 2 is 1.82 bits per heavy atom. The van der Waals surface area contributed by atoms with Crippen LogP contribution in [-0.2, 0) is 14.3 Å². The zero-order valence-corrected chi connectivity index (χ0v) is 23.3. The number of hydrogen-bond acceptors (Lipinski definition) is 7. The van der Waals surface area contributed by atoms with Gasteiger partial charge in [0.2, 0.25) is 5.91 Å². The summed E-state index contributed by atoms with van der Waals surface area (Å²) in [6.45, 7) is 5.26. The van der Waals surface area contributed by atoms with Gasteiger partial charge in [-0.2, -0.15) is 11.8 Å². The van der Waals surface area contributed by atoms with Crippen LogP contribution in [0.25, 0.3) is 0 Å². The highest BCUT2D eigenvalue weighted by Gasteiger charge is 2.44. The molecule has 1 saturated carbocycles. The van der Waals surface area contributed by atoms with Crippen molar-refractivity contribution in [1.29, 1.82) is 0 Å². The maximum atomic E-state index is 14.1. The Balaban J connectivity index is 1.95. The zero-order chi connectivity index (χ0) is 27.9. The largest absolute Gasteiger partial charge is 0.508 e. The summed E-state index contributed by atoms with van der Waals surface area (Å²) in [7, 11) is 1.56. The fraction of sp³-hybridized carbons (Fsp3) is 0.464. The fourth-order valence-electron chi connectivity index (χ4n) is 4.01. The molecule has 2 unspecified atom stereocenters. The molecule has 0 heterocycles. The second kappa shape index (κ2) is 12.9. The summed E-state index contributed by atoms with van der Waals surface area (Å²) in [5, 5.41) is 15.8. The lowest BCUT2D eigenvalue weighted by molar-refractivity contribution is -0.141. The van der Waals surface area contributed by atoms with Crippen LogP contribution in [0.1, 0.15) is 51.6 Å². The molecule has 10 heteroatoms. The van der Waals surface area contributed by atoms with E-state index in [1.807, 2.05) is 6.26 Å². The van der Waals surface area contributed by atoms with E-state index in [9.17, 15) is 19.5 Å². The van der Waals surface area contributed by atoms with Gasteiger partial charge in [0.05, 0.1) is 7.11 Å². The highest BCUT2D eigenvalue weighted by atomic mass is 32.2. The second-order valence-corrected chi connectivity index (χ2v) is 11.2. The number of nitrogens with zero attached hydrogens (tertiary/aromatic N) is 1. The number of hydrogen-bond donors (Lipinski definition) is 3. The molecule has 206 valence electrons. The number of benzene rings is 2. The number of amides is 3. The molecular weight excluding hydrogens is 506 g/mol. The predicted molar refractivity (Wildman–Crippen MR) is 148 cm³/mol. The van der Waals surface area contributed by atoms with Crippen LogP contribution in [0.3, 0.4) is 0 Å². The number of aromatic hydroxyl groups is 1. The van der Waals surface area contributed by atoms with Crippen LogP contribution in [0.5, 0.6) is 11.5 Å². The average molecular weight is 544 g/mol. The third-order valence-electron chi connectivity index (χ3n) is 5.86. The minimum absolute atomic E-state index is 0.0150. The summed E-state index contributed by atoms with van der Waals surface area (Å²) in [6, 6.07) is 11.1. The number of methoxy groups -OCH3 is 1. The fourth-order valence-corrected chi connectivity index (χ4v) is 4.48. The Kier molecular flexibility index (Phi) is 9.90. The van der Waals surface area contributed by atoms with Crippen LogP contribution < -0.4 is 15.4 Å². The van der Waals surface area contributed by atoms with Crippen LogP contribution in [0.2, 0.25) is 0 Å². The lowest BCUT2D eigenvalue weighted by atomic mass is 10.0. The van der Waals surface area contributed by atoms with Crippen molar-refractivity contribution in [1.82, 2.24) is 10.2 Å². The molecule has 2 aromatic rings. The van der Waals surface area contributed by atoms with Gasteiger partial charge < -0.3 is 30.1 Å².